The number of nitrogens with zero attached hydrogens (tertiary/aromatic N) is 3. The first-order chi connectivity index (χ1) is 8.99. The lowest BCUT2D eigenvalue weighted by molar-refractivity contribution is -0.140. The largest absolute Gasteiger partial charge is 0.480 e. The second-order valence-corrected chi connectivity index (χ2v) is 3.52. The molecule has 1 aromatic heterocycles. The Hall–Kier alpha value is -2.71. The molecule has 0 saturated heterocycles. The third kappa shape index (κ3) is 5.44. The van der Waals surface area contributed by atoms with E-state index < -0.39 is 31.1 Å². The maximum absolute atomic E-state index is 11.6. The Morgan fingerprint density at radius 1 is 1.21 bits per heavy atom. The summed E-state index contributed by atoms with van der Waals surface area (Å²) in [6, 6.07) is 2.45. The van der Waals surface area contributed by atoms with E-state index in [-0.39, 0.29) is 6.54 Å². The molecule has 1 aromatic rings. The van der Waals surface area contributed by atoms with Crippen molar-refractivity contribution in [2.45, 2.75) is 6.54 Å². The highest BCUT2D eigenvalue weighted by atomic mass is 16.4. The summed E-state index contributed by atoms with van der Waals surface area (Å²) >= 11 is 0. The fourth-order valence-corrected chi connectivity index (χ4v) is 1.23. The van der Waals surface area contributed by atoms with E-state index in [2.05, 4.69) is 15.5 Å². The van der Waals surface area contributed by atoms with Crippen molar-refractivity contribution in [3.8, 4) is 0 Å². The molecule has 0 spiro atoms. The highest BCUT2D eigenvalue weighted by Gasteiger charge is 2.19. The van der Waals surface area contributed by atoms with Crippen LogP contribution in [0.2, 0.25) is 0 Å². The summed E-state index contributed by atoms with van der Waals surface area (Å²) in [4.78, 5) is 33.4. The molecule has 102 valence electrons. The minimum absolute atomic E-state index is 0.0302. The third-order valence-electron chi connectivity index (χ3n) is 1.99. The van der Waals surface area contributed by atoms with Crippen molar-refractivity contribution >= 4 is 18.0 Å². The number of aromatic nitrogens is 2. The van der Waals surface area contributed by atoms with E-state index in [0.29, 0.717) is 10.6 Å². The Balaban J connectivity index is 2.56. The van der Waals surface area contributed by atoms with Gasteiger partial charge in [-0.25, -0.2) is 4.79 Å². The first-order valence-corrected chi connectivity index (χ1v) is 5.22. The molecule has 1 heterocycles. The van der Waals surface area contributed by atoms with Gasteiger partial charge in [-0.05, 0) is 12.1 Å². The molecule has 0 aliphatic carbocycles. The van der Waals surface area contributed by atoms with Crippen LogP contribution >= 0.6 is 0 Å². The number of carboxylic acids is 2. The fourth-order valence-electron chi connectivity index (χ4n) is 1.23. The van der Waals surface area contributed by atoms with E-state index >= 15 is 0 Å². The summed E-state index contributed by atoms with van der Waals surface area (Å²) in [6.07, 6.45) is 1.46. The standard InChI is InChI=1S/C10H12N4O5/c15-8(16)5-14(6-9(17)18)10(19)11-4-7-2-1-3-12-13-7/h1-3H,4-6H2,(H,11,19)(H,15,16)(H,17,18). The van der Waals surface area contributed by atoms with Gasteiger partial charge in [-0.1, -0.05) is 0 Å². The Morgan fingerprint density at radius 3 is 2.32 bits per heavy atom. The monoisotopic (exact) mass is 268 g/mol. The zero-order valence-corrected chi connectivity index (χ0v) is 9.81. The topological polar surface area (TPSA) is 133 Å². The van der Waals surface area contributed by atoms with Crippen molar-refractivity contribution in [3.05, 3.63) is 24.0 Å². The summed E-state index contributed by atoms with van der Waals surface area (Å²) in [6.45, 7) is -1.36. The van der Waals surface area contributed by atoms with Gasteiger partial charge < -0.3 is 20.4 Å². The van der Waals surface area contributed by atoms with Crippen LogP contribution in [0.15, 0.2) is 18.3 Å². The van der Waals surface area contributed by atoms with E-state index in [4.69, 9.17) is 10.2 Å². The van der Waals surface area contributed by atoms with Crippen LogP contribution in [0.25, 0.3) is 0 Å². The lowest BCUT2D eigenvalue weighted by atomic mass is 10.4. The number of nitrogens with one attached hydrogen (secondary N) is 1. The van der Waals surface area contributed by atoms with Gasteiger partial charge in [0.1, 0.15) is 13.1 Å². The molecule has 1 rings (SSSR count). The van der Waals surface area contributed by atoms with Gasteiger partial charge in [-0.3, -0.25) is 9.59 Å². The first-order valence-electron chi connectivity index (χ1n) is 5.22. The number of hydrogen-bond donors (Lipinski definition) is 3. The van der Waals surface area contributed by atoms with Crippen molar-refractivity contribution in [1.29, 1.82) is 0 Å². The van der Waals surface area contributed by atoms with Crippen molar-refractivity contribution in [1.82, 2.24) is 20.4 Å². The molecular weight excluding hydrogens is 256 g/mol. The molecule has 0 bridgehead atoms. The highest BCUT2D eigenvalue weighted by molar-refractivity contribution is 5.84. The number of carbonyl (C=O) groups is 3. The van der Waals surface area contributed by atoms with Crippen molar-refractivity contribution in [2.24, 2.45) is 0 Å². The smallest absolute Gasteiger partial charge is 0.323 e. The second kappa shape index (κ2) is 6.89. The van der Waals surface area contributed by atoms with Crippen LogP contribution in [-0.2, 0) is 16.1 Å². The minimum Gasteiger partial charge on any atom is -0.480 e. The predicted molar refractivity (Wildman–Crippen MR) is 61.1 cm³/mol. The van der Waals surface area contributed by atoms with Gasteiger partial charge in [0, 0.05) is 6.20 Å². The van der Waals surface area contributed by atoms with Crippen LogP contribution in [0, 0.1) is 0 Å². The van der Waals surface area contributed by atoms with Crippen molar-refractivity contribution in [2.75, 3.05) is 13.1 Å². The minimum atomic E-state index is -1.30. The molecule has 9 nitrogen and oxygen atoms in total. The Kier molecular flexibility index (Phi) is 5.20. The van der Waals surface area contributed by atoms with E-state index in [1.807, 2.05) is 0 Å². The van der Waals surface area contributed by atoms with Gasteiger partial charge in [-0.2, -0.15) is 10.2 Å². The first kappa shape index (κ1) is 14.4. The number of aliphatic carboxylic acids is 2. The van der Waals surface area contributed by atoms with Crippen molar-refractivity contribution in [3.63, 3.8) is 0 Å². The quantitative estimate of drug-likeness (QED) is 0.612. The predicted octanol–water partition coefficient (Wildman–Crippen LogP) is -0.843. The molecule has 19 heavy (non-hydrogen) atoms. The van der Waals surface area contributed by atoms with Crippen LogP contribution in [0.1, 0.15) is 5.69 Å². The van der Waals surface area contributed by atoms with E-state index in [9.17, 15) is 14.4 Å². The molecule has 0 saturated carbocycles. The van der Waals surface area contributed by atoms with Crippen LogP contribution in [-0.4, -0.2) is 56.4 Å². The maximum Gasteiger partial charge on any atom is 0.323 e. The van der Waals surface area contributed by atoms with Gasteiger partial charge in [0.15, 0.2) is 0 Å². The summed E-state index contributed by atoms with van der Waals surface area (Å²) in [7, 11) is 0. The van der Waals surface area contributed by atoms with E-state index in [0.717, 1.165) is 0 Å². The fraction of sp³-hybridized carbons (Fsp3) is 0.300. The summed E-state index contributed by atoms with van der Waals surface area (Å²) in [5.74, 6) is -2.59. The molecular formula is C10H12N4O5. The SMILES string of the molecule is O=C(O)CN(CC(=O)O)C(=O)NCc1cccnn1. The van der Waals surface area contributed by atoms with Gasteiger partial charge >= 0.3 is 18.0 Å². The van der Waals surface area contributed by atoms with E-state index in [1.54, 1.807) is 12.1 Å². The average molecular weight is 268 g/mol. The number of urea groups is 1. The molecule has 0 radical (unpaired) electrons. The molecule has 0 fully saturated rings. The maximum atomic E-state index is 11.6. The van der Waals surface area contributed by atoms with Crippen LogP contribution in [0.4, 0.5) is 4.79 Å². The number of rotatable bonds is 6. The summed E-state index contributed by atoms with van der Waals surface area (Å²) < 4.78 is 0. The summed E-state index contributed by atoms with van der Waals surface area (Å²) in [5.41, 5.74) is 0.474. The second-order valence-electron chi connectivity index (χ2n) is 3.52. The highest BCUT2D eigenvalue weighted by Crippen LogP contribution is 1.94. The van der Waals surface area contributed by atoms with Crippen LogP contribution in [0.3, 0.4) is 0 Å². The molecule has 2 amide bonds. The Morgan fingerprint density at radius 2 is 1.84 bits per heavy atom. The Labute approximate surface area is 107 Å². The van der Waals surface area contributed by atoms with Gasteiger partial charge in [0.25, 0.3) is 0 Å². The third-order valence-corrected chi connectivity index (χ3v) is 1.99. The average Bonchev–Trinajstić information content (AvgIpc) is 2.35. The molecule has 0 atom stereocenters. The zero-order chi connectivity index (χ0) is 14.3. The Bertz CT molecular complexity index is 448. The van der Waals surface area contributed by atoms with Gasteiger partial charge in [0.05, 0.1) is 12.2 Å². The molecule has 0 aliphatic heterocycles. The number of carbonyl (C=O) groups excluding carboxylic acids is 1. The van der Waals surface area contributed by atoms with Crippen LogP contribution < -0.4 is 5.32 Å². The van der Waals surface area contributed by atoms with E-state index in [1.165, 1.54) is 6.20 Å². The lowest BCUT2D eigenvalue weighted by Gasteiger charge is -2.18. The molecule has 0 unspecified atom stereocenters. The number of amides is 2. The number of hydrogen-bond acceptors (Lipinski definition) is 5. The summed E-state index contributed by atoms with van der Waals surface area (Å²) in [5, 5.41) is 26.9. The van der Waals surface area contributed by atoms with Crippen LogP contribution in [0.5, 0.6) is 0 Å². The normalized spacial score (nSPS) is 9.68. The molecule has 3 N–H and O–H groups in total. The molecule has 9 heteroatoms. The van der Waals surface area contributed by atoms with Gasteiger partial charge in [0.2, 0.25) is 0 Å². The molecule has 0 aromatic carbocycles. The molecule has 0 aliphatic rings. The number of carboxylic acid groups (broad SMARTS) is 2. The zero-order valence-electron chi connectivity index (χ0n) is 9.81. The lowest BCUT2D eigenvalue weighted by Crippen LogP contribution is -2.45. The van der Waals surface area contributed by atoms with Crippen molar-refractivity contribution < 1.29 is 24.6 Å². The van der Waals surface area contributed by atoms with Gasteiger partial charge in [-0.15, -0.1) is 0 Å².